The molecule has 0 saturated heterocycles. The SMILES string of the molecule is C=C(C)C(=O)CC[Si]OC. The molecule has 0 aromatic carbocycles. The molecule has 0 aromatic rings. The van der Waals surface area contributed by atoms with Gasteiger partial charge in [-0.2, -0.15) is 0 Å². The van der Waals surface area contributed by atoms with Gasteiger partial charge >= 0.3 is 0 Å². The minimum atomic E-state index is 0.143. The number of carbonyl (C=O) groups excluding carboxylic acids is 1. The van der Waals surface area contributed by atoms with Crippen molar-refractivity contribution in [3.8, 4) is 0 Å². The van der Waals surface area contributed by atoms with Gasteiger partial charge in [-0.1, -0.05) is 6.58 Å². The van der Waals surface area contributed by atoms with Gasteiger partial charge in [-0.15, -0.1) is 0 Å². The van der Waals surface area contributed by atoms with E-state index in [2.05, 4.69) is 6.58 Å². The molecule has 3 heteroatoms. The highest BCUT2D eigenvalue weighted by molar-refractivity contribution is 6.27. The fraction of sp³-hybridized carbons (Fsp3) is 0.571. The second-order valence-electron chi connectivity index (χ2n) is 2.05. The van der Waals surface area contributed by atoms with Crippen molar-refractivity contribution in [3.63, 3.8) is 0 Å². The van der Waals surface area contributed by atoms with Gasteiger partial charge in [0.15, 0.2) is 5.78 Å². The molecule has 0 N–H and O–H groups in total. The summed E-state index contributed by atoms with van der Waals surface area (Å²) in [5, 5.41) is 0. The first-order valence-corrected chi connectivity index (χ1v) is 4.24. The molecule has 0 unspecified atom stereocenters. The third kappa shape index (κ3) is 4.46. The number of allylic oxidation sites excluding steroid dienone is 1. The maximum atomic E-state index is 10.9. The van der Waals surface area contributed by atoms with Crippen molar-refractivity contribution in [2.24, 2.45) is 0 Å². The van der Waals surface area contributed by atoms with Crippen LogP contribution in [0.1, 0.15) is 13.3 Å². The van der Waals surface area contributed by atoms with E-state index in [1.54, 1.807) is 14.0 Å². The van der Waals surface area contributed by atoms with Crippen LogP contribution in [0.5, 0.6) is 0 Å². The van der Waals surface area contributed by atoms with Crippen LogP contribution < -0.4 is 0 Å². The van der Waals surface area contributed by atoms with Crippen LogP contribution in [0.15, 0.2) is 12.2 Å². The third-order valence-electron chi connectivity index (χ3n) is 1.07. The zero-order chi connectivity index (χ0) is 7.98. The van der Waals surface area contributed by atoms with Gasteiger partial charge in [0.1, 0.15) is 0 Å². The van der Waals surface area contributed by atoms with Crippen LogP contribution in [0.4, 0.5) is 0 Å². The summed E-state index contributed by atoms with van der Waals surface area (Å²) < 4.78 is 4.82. The van der Waals surface area contributed by atoms with Gasteiger partial charge in [-0.25, -0.2) is 0 Å². The van der Waals surface area contributed by atoms with Gasteiger partial charge in [-0.05, 0) is 18.5 Å². The van der Waals surface area contributed by atoms with Crippen molar-refractivity contribution >= 4 is 15.5 Å². The Kier molecular flexibility index (Phi) is 5.16. The standard InChI is InChI=1S/C7H12O2Si/c1-6(2)7(8)4-5-10-9-3/h1,4-5H2,2-3H3. The Labute approximate surface area is 64.2 Å². The molecule has 0 aromatic heterocycles. The Balaban J connectivity index is 3.31. The summed E-state index contributed by atoms with van der Waals surface area (Å²) >= 11 is 0. The Morgan fingerprint density at radius 3 is 2.70 bits per heavy atom. The van der Waals surface area contributed by atoms with E-state index in [1.807, 2.05) is 0 Å². The molecule has 0 saturated carbocycles. The minimum absolute atomic E-state index is 0.143. The molecular weight excluding hydrogens is 144 g/mol. The van der Waals surface area contributed by atoms with Crippen LogP contribution >= 0.6 is 0 Å². The first-order chi connectivity index (χ1) is 4.68. The topological polar surface area (TPSA) is 26.3 Å². The molecule has 2 nitrogen and oxygen atoms in total. The number of ketones is 1. The first kappa shape index (κ1) is 9.59. The Bertz CT molecular complexity index is 132. The van der Waals surface area contributed by atoms with E-state index >= 15 is 0 Å². The first-order valence-electron chi connectivity index (χ1n) is 3.13. The van der Waals surface area contributed by atoms with Gasteiger partial charge in [0.05, 0.1) is 0 Å². The Morgan fingerprint density at radius 1 is 1.70 bits per heavy atom. The van der Waals surface area contributed by atoms with Gasteiger partial charge in [0, 0.05) is 13.5 Å². The molecule has 2 radical (unpaired) electrons. The monoisotopic (exact) mass is 156 g/mol. The van der Waals surface area contributed by atoms with E-state index < -0.39 is 0 Å². The number of hydrogen-bond acceptors (Lipinski definition) is 2. The molecule has 56 valence electrons. The fourth-order valence-corrected chi connectivity index (χ4v) is 1.01. The molecule has 0 aliphatic carbocycles. The predicted octanol–water partition coefficient (Wildman–Crippen LogP) is 1.21. The highest BCUT2D eigenvalue weighted by Crippen LogP contribution is 1.98. The van der Waals surface area contributed by atoms with Gasteiger partial charge in [0.25, 0.3) is 0 Å². The average molecular weight is 156 g/mol. The van der Waals surface area contributed by atoms with Crippen molar-refractivity contribution in [1.82, 2.24) is 0 Å². The second-order valence-corrected chi connectivity index (χ2v) is 3.25. The van der Waals surface area contributed by atoms with Crippen molar-refractivity contribution in [3.05, 3.63) is 12.2 Å². The Morgan fingerprint density at radius 2 is 2.30 bits per heavy atom. The molecule has 0 atom stereocenters. The molecule has 0 fully saturated rings. The summed E-state index contributed by atoms with van der Waals surface area (Å²) in [4.78, 5) is 10.9. The number of carbonyl (C=O) groups is 1. The molecular formula is C7H12O2Si. The van der Waals surface area contributed by atoms with E-state index in [1.165, 1.54) is 0 Å². The third-order valence-corrected chi connectivity index (χ3v) is 1.82. The summed E-state index contributed by atoms with van der Waals surface area (Å²) in [7, 11) is 2.08. The lowest BCUT2D eigenvalue weighted by atomic mass is 10.2. The molecule has 0 rings (SSSR count). The lowest BCUT2D eigenvalue weighted by Gasteiger charge is -1.95. The second kappa shape index (κ2) is 5.38. The molecule has 0 amide bonds. The summed E-state index contributed by atoms with van der Waals surface area (Å²) in [5.74, 6) is 0.143. The number of Topliss-reactive ketones (excluding diaryl/α,β-unsaturated/α-hetero) is 1. The average Bonchev–Trinajstić information content (AvgIpc) is 1.88. The smallest absolute Gasteiger partial charge is 0.229 e. The number of hydrogen-bond donors (Lipinski definition) is 0. The van der Waals surface area contributed by atoms with E-state index in [0.717, 1.165) is 6.04 Å². The maximum absolute atomic E-state index is 10.9. The Hall–Kier alpha value is -0.413. The summed E-state index contributed by atoms with van der Waals surface area (Å²) in [6.45, 7) is 5.28. The largest absolute Gasteiger partial charge is 0.421 e. The molecule has 0 bridgehead atoms. The molecule has 0 heterocycles. The number of rotatable bonds is 5. The van der Waals surface area contributed by atoms with E-state index in [9.17, 15) is 4.79 Å². The highest BCUT2D eigenvalue weighted by Gasteiger charge is 2.01. The van der Waals surface area contributed by atoms with Crippen molar-refractivity contribution in [2.75, 3.05) is 7.11 Å². The maximum Gasteiger partial charge on any atom is 0.229 e. The van der Waals surface area contributed by atoms with Gasteiger partial charge < -0.3 is 4.43 Å². The zero-order valence-electron chi connectivity index (χ0n) is 6.44. The lowest BCUT2D eigenvalue weighted by molar-refractivity contribution is -0.115. The zero-order valence-corrected chi connectivity index (χ0v) is 7.44. The van der Waals surface area contributed by atoms with Crippen molar-refractivity contribution in [2.45, 2.75) is 19.4 Å². The molecule has 10 heavy (non-hydrogen) atoms. The van der Waals surface area contributed by atoms with E-state index in [-0.39, 0.29) is 5.78 Å². The van der Waals surface area contributed by atoms with Crippen molar-refractivity contribution in [1.29, 1.82) is 0 Å². The molecule has 0 aliphatic rings. The van der Waals surface area contributed by atoms with Crippen LogP contribution in [-0.2, 0) is 9.22 Å². The van der Waals surface area contributed by atoms with Crippen LogP contribution in [-0.4, -0.2) is 22.7 Å². The van der Waals surface area contributed by atoms with Gasteiger partial charge in [0.2, 0.25) is 9.76 Å². The van der Waals surface area contributed by atoms with Gasteiger partial charge in [-0.3, -0.25) is 4.79 Å². The molecule has 0 aliphatic heterocycles. The molecule has 0 spiro atoms. The quantitative estimate of drug-likeness (QED) is 0.340. The normalized spacial score (nSPS) is 9.40. The predicted molar refractivity (Wildman–Crippen MR) is 42.0 cm³/mol. The highest BCUT2D eigenvalue weighted by atomic mass is 28.2. The van der Waals surface area contributed by atoms with Crippen molar-refractivity contribution < 1.29 is 9.22 Å². The van der Waals surface area contributed by atoms with Crippen LogP contribution in [0.3, 0.4) is 0 Å². The lowest BCUT2D eigenvalue weighted by Crippen LogP contribution is -2.01. The summed E-state index contributed by atoms with van der Waals surface area (Å²) in [6, 6.07) is 0.822. The van der Waals surface area contributed by atoms with Crippen LogP contribution in [0, 0.1) is 0 Å². The minimum Gasteiger partial charge on any atom is -0.421 e. The van der Waals surface area contributed by atoms with Crippen LogP contribution in [0.2, 0.25) is 6.04 Å². The van der Waals surface area contributed by atoms with Crippen LogP contribution in [0.25, 0.3) is 0 Å². The van der Waals surface area contributed by atoms with E-state index in [0.29, 0.717) is 21.8 Å². The fourth-order valence-electron chi connectivity index (χ4n) is 0.480. The summed E-state index contributed by atoms with van der Waals surface area (Å²) in [6.07, 6.45) is 0.571. The summed E-state index contributed by atoms with van der Waals surface area (Å²) in [5.41, 5.74) is 0.640. The van der Waals surface area contributed by atoms with E-state index in [4.69, 9.17) is 4.43 Å².